The van der Waals surface area contributed by atoms with E-state index in [4.69, 9.17) is 16.3 Å². The Morgan fingerprint density at radius 1 is 1.00 bits per heavy atom. The third-order valence-corrected chi connectivity index (χ3v) is 7.73. The number of halogens is 2. The molecule has 37 heavy (non-hydrogen) atoms. The minimum atomic E-state index is -0.397. The molecule has 0 fully saturated rings. The number of anilines is 1. The number of rotatable bonds is 4. The number of hydrogen-bond acceptors (Lipinski definition) is 3. The molecular formula is C32H27ClFNO2. The maximum atomic E-state index is 14.2. The Hall–Kier alpha value is -3.63. The number of nitrogens with one attached hydrogen (secondary N) is 1. The van der Waals surface area contributed by atoms with Gasteiger partial charge in [0.05, 0.1) is 11.1 Å². The summed E-state index contributed by atoms with van der Waals surface area (Å²) in [6.07, 6.45) is 1.33. The average Bonchev–Trinajstić information content (AvgIpc) is 2.87. The monoisotopic (exact) mass is 511 g/mol. The summed E-state index contributed by atoms with van der Waals surface area (Å²) in [7, 11) is 0. The lowest BCUT2D eigenvalue weighted by atomic mass is 9.68. The number of allylic oxidation sites excluding steroid dienone is 1. The van der Waals surface area contributed by atoms with Crippen LogP contribution in [0.1, 0.15) is 49.4 Å². The van der Waals surface area contributed by atoms with Gasteiger partial charge in [0, 0.05) is 28.8 Å². The van der Waals surface area contributed by atoms with E-state index in [-0.39, 0.29) is 23.8 Å². The molecule has 0 unspecified atom stereocenters. The fourth-order valence-corrected chi connectivity index (χ4v) is 5.91. The van der Waals surface area contributed by atoms with Crippen molar-refractivity contribution in [1.29, 1.82) is 0 Å². The predicted octanol–water partition coefficient (Wildman–Crippen LogP) is 8.52. The van der Waals surface area contributed by atoms with E-state index >= 15 is 0 Å². The van der Waals surface area contributed by atoms with Gasteiger partial charge in [-0.1, -0.05) is 74.0 Å². The molecule has 6 rings (SSSR count). The lowest BCUT2D eigenvalue weighted by Crippen LogP contribution is -2.33. The second-order valence-corrected chi connectivity index (χ2v) is 11.1. The van der Waals surface area contributed by atoms with E-state index in [9.17, 15) is 9.18 Å². The largest absolute Gasteiger partial charge is 0.489 e. The van der Waals surface area contributed by atoms with Crippen molar-refractivity contribution in [3.63, 3.8) is 0 Å². The molecule has 0 aromatic heterocycles. The Kier molecular flexibility index (Phi) is 5.80. The summed E-state index contributed by atoms with van der Waals surface area (Å²) in [6, 6.07) is 24.5. The van der Waals surface area contributed by atoms with Gasteiger partial charge in [0.25, 0.3) is 0 Å². The van der Waals surface area contributed by atoms with Gasteiger partial charge in [-0.15, -0.1) is 0 Å². The van der Waals surface area contributed by atoms with Crippen molar-refractivity contribution in [3.05, 3.63) is 112 Å². The van der Waals surface area contributed by atoms with E-state index in [0.717, 1.165) is 45.2 Å². The highest BCUT2D eigenvalue weighted by Crippen LogP contribution is 2.52. The van der Waals surface area contributed by atoms with E-state index in [0.29, 0.717) is 22.8 Å². The van der Waals surface area contributed by atoms with Crippen molar-refractivity contribution in [1.82, 2.24) is 0 Å². The Bertz CT molecular complexity index is 1570. The van der Waals surface area contributed by atoms with Gasteiger partial charge in [-0.2, -0.15) is 0 Å². The molecule has 1 aliphatic heterocycles. The summed E-state index contributed by atoms with van der Waals surface area (Å²) in [6.45, 7) is 4.35. The fraction of sp³-hybridized carbons (Fsp3) is 0.219. The smallest absolute Gasteiger partial charge is 0.162 e. The molecule has 0 saturated carbocycles. The molecule has 1 N–H and O–H groups in total. The van der Waals surface area contributed by atoms with Crippen LogP contribution in [0.15, 0.2) is 84.4 Å². The molecule has 0 bridgehead atoms. The zero-order chi connectivity index (χ0) is 25.7. The number of ether oxygens (including phenoxy) is 1. The van der Waals surface area contributed by atoms with Gasteiger partial charge in [0.1, 0.15) is 18.2 Å². The molecule has 0 radical (unpaired) electrons. The molecule has 2 aliphatic rings. The summed E-state index contributed by atoms with van der Waals surface area (Å²) in [5.41, 5.74) is 5.25. The molecule has 4 aromatic rings. The normalized spacial score (nSPS) is 18.3. The number of benzene rings is 4. The Labute approximate surface area is 220 Å². The van der Waals surface area contributed by atoms with Crippen LogP contribution in [0.25, 0.3) is 16.3 Å². The average molecular weight is 512 g/mol. The van der Waals surface area contributed by atoms with Crippen LogP contribution >= 0.6 is 11.6 Å². The number of ketones is 1. The van der Waals surface area contributed by atoms with Gasteiger partial charge < -0.3 is 10.1 Å². The van der Waals surface area contributed by atoms with Crippen LogP contribution < -0.4 is 10.1 Å². The van der Waals surface area contributed by atoms with E-state index in [1.807, 2.05) is 36.4 Å². The standard InChI is InChI=1S/C32H27ClFNO2/c1-32(2)16-23-29-22-10-4-3-7-19(22)13-14-27(29)35-31(30(23)28(36)17-32)20-8-5-9-21(15-20)37-18-24-25(33)11-6-12-26(24)34/h3-15,31,35H,16-18H2,1-2H3/t31-/m0/s1. The van der Waals surface area contributed by atoms with Gasteiger partial charge in [-0.3, -0.25) is 4.79 Å². The first-order chi connectivity index (χ1) is 17.8. The molecule has 0 spiro atoms. The third kappa shape index (κ3) is 4.30. The molecule has 0 amide bonds. The number of Topliss-reactive ketones (excluding diaryl/α,β-unsaturated/α-hetero) is 1. The highest BCUT2D eigenvalue weighted by atomic mass is 35.5. The molecule has 3 nitrogen and oxygen atoms in total. The molecule has 0 saturated heterocycles. The molecule has 1 heterocycles. The summed E-state index contributed by atoms with van der Waals surface area (Å²) < 4.78 is 20.2. The maximum absolute atomic E-state index is 14.2. The van der Waals surface area contributed by atoms with Crippen molar-refractivity contribution in [2.45, 2.75) is 39.3 Å². The Morgan fingerprint density at radius 3 is 2.65 bits per heavy atom. The lowest BCUT2D eigenvalue weighted by Gasteiger charge is -2.40. The van der Waals surface area contributed by atoms with Crippen LogP contribution in [0.4, 0.5) is 10.1 Å². The van der Waals surface area contributed by atoms with E-state index in [2.05, 4.69) is 43.4 Å². The number of carbonyl (C=O) groups is 1. The number of hydrogen-bond donors (Lipinski definition) is 1. The minimum Gasteiger partial charge on any atom is -0.489 e. The van der Waals surface area contributed by atoms with Crippen LogP contribution in [0.5, 0.6) is 5.75 Å². The van der Waals surface area contributed by atoms with Gasteiger partial charge >= 0.3 is 0 Å². The lowest BCUT2D eigenvalue weighted by molar-refractivity contribution is -0.118. The third-order valence-electron chi connectivity index (χ3n) is 7.38. The summed E-state index contributed by atoms with van der Waals surface area (Å²) in [4.78, 5) is 13.7. The van der Waals surface area contributed by atoms with Crippen molar-refractivity contribution >= 4 is 39.4 Å². The highest BCUT2D eigenvalue weighted by Gasteiger charge is 2.40. The predicted molar refractivity (Wildman–Crippen MR) is 147 cm³/mol. The summed E-state index contributed by atoms with van der Waals surface area (Å²) in [5.74, 6) is 0.368. The second-order valence-electron chi connectivity index (χ2n) is 10.7. The number of carbonyl (C=O) groups excluding carboxylic acids is 1. The molecule has 186 valence electrons. The quantitative estimate of drug-likeness (QED) is 0.298. The summed E-state index contributed by atoms with van der Waals surface area (Å²) >= 11 is 6.18. The Morgan fingerprint density at radius 2 is 1.81 bits per heavy atom. The van der Waals surface area contributed by atoms with E-state index in [1.54, 1.807) is 12.1 Å². The van der Waals surface area contributed by atoms with Crippen LogP contribution in [0.2, 0.25) is 5.02 Å². The van der Waals surface area contributed by atoms with Gasteiger partial charge in [0.2, 0.25) is 0 Å². The molecule has 4 aromatic carbocycles. The van der Waals surface area contributed by atoms with Gasteiger partial charge in [-0.25, -0.2) is 4.39 Å². The van der Waals surface area contributed by atoms with Crippen LogP contribution in [-0.4, -0.2) is 5.78 Å². The second kappa shape index (κ2) is 9.04. The van der Waals surface area contributed by atoms with Gasteiger partial charge in [0.15, 0.2) is 5.78 Å². The highest BCUT2D eigenvalue weighted by molar-refractivity contribution is 6.31. The van der Waals surface area contributed by atoms with E-state index in [1.165, 1.54) is 6.07 Å². The Balaban J connectivity index is 1.42. The molecule has 1 atom stereocenters. The zero-order valence-electron chi connectivity index (χ0n) is 20.8. The first-order valence-electron chi connectivity index (χ1n) is 12.5. The fourth-order valence-electron chi connectivity index (χ4n) is 5.70. The van der Waals surface area contributed by atoms with Crippen molar-refractivity contribution < 1.29 is 13.9 Å². The molecular weight excluding hydrogens is 485 g/mol. The van der Waals surface area contributed by atoms with E-state index < -0.39 is 5.82 Å². The topological polar surface area (TPSA) is 38.3 Å². The van der Waals surface area contributed by atoms with Crippen LogP contribution in [0, 0.1) is 11.2 Å². The molecule has 1 aliphatic carbocycles. The van der Waals surface area contributed by atoms with Crippen LogP contribution in [0.3, 0.4) is 0 Å². The molecule has 5 heteroatoms. The first kappa shape index (κ1) is 23.7. The van der Waals surface area contributed by atoms with Gasteiger partial charge in [-0.05, 0) is 64.1 Å². The minimum absolute atomic E-state index is 0.0168. The number of fused-ring (bicyclic) bond motifs is 4. The SMILES string of the molecule is CC1(C)CC(=O)C2=C(C1)c1c(ccc3ccccc13)N[C@H]2c1cccc(OCc2c(F)cccc2Cl)c1. The van der Waals surface area contributed by atoms with Crippen molar-refractivity contribution in [2.75, 3.05) is 5.32 Å². The van der Waals surface area contributed by atoms with Crippen LogP contribution in [-0.2, 0) is 11.4 Å². The maximum Gasteiger partial charge on any atom is 0.162 e. The summed E-state index contributed by atoms with van der Waals surface area (Å²) in [5, 5.41) is 6.31. The first-order valence-corrected chi connectivity index (χ1v) is 12.9. The van der Waals surface area contributed by atoms with Crippen molar-refractivity contribution in [2.24, 2.45) is 5.41 Å². The zero-order valence-corrected chi connectivity index (χ0v) is 21.5. The van der Waals surface area contributed by atoms with Crippen molar-refractivity contribution in [3.8, 4) is 5.75 Å².